The van der Waals surface area contributed by atoms with Gasteiger partial charge in [-0.05, 0) is 18.1 Å². The molecule has 6 heteroatoms. The number of ether oxygens (including phenoxy) is 1. The highest BCUT2D eigenvalue weighted by Crippen LogP contribution is 2.32. The Balaban J connectivity index is 1.62. The van der Waals surface area contributed by atoms with Gasteiger partial charge in [0.1, 0.15) is 6.04 Å². The van der Waals surface area contributed by atoms with Gasteiger partial charge in [-0.2, -0.15) is 0 Å². The molecule has 0 saturated carbocycles. The summed E-state index contributed by atoms with van der Waals surface area (Å²) in [5.41, 5.74) is 3.30. The summed E-state index contributed by atoms with van der Waals surface area (Å²) < 4.78 is 5.05. The van der Waals surface area contributed by atoms with E-state index in [2.05, 4.69) is 11.1 Å². The molecule has 1 aromatic heterocycles. The summed E-state index contributed by atoms with van der Waals surface area (Å²) in [5.74, 6) is 0.0861. The molecule has 1 saturated heterocycles. The summed E-state index contributed by atoms with van der Waals surface area (Å²) in [6, 6.07) is 7.73. The smallest absolute Gasteiger partial charge is 0.246 e. The average Bonchev–Trinajstić information content (AvgIpc) is 2.96. The number of aromatic amines is 1. The van der Waals surface area contributed by atoms with Crippen LogP contribution in [-0.4, -0.2) is 59.4 Å². The number of rotatable bonds is 4. The highest BCUT2D eigenvalue weighted by atomic mass is 16.5. The molecule has 1 fully saturated rings. The summed E-state index contributed by atoms with van der Waals surface area (Å²) in [6.07, 6.45) is 1.34. The molecule has 2 amide bonds. The summed E-state index contributed by atoms with van der Waals surface area (Å²) in [5, 5.41) is 1.16. The van der Waals surface area contributed by atoms with Crippen LogP contribution in [0.25, 0.3) is 10.9 Å². The van der Waals surface area contributed by atoms with Crippen LogP contribution in [0.1, 0.15) is 17.7 Å². The summed E-state index contributed by atoms with van der Waals surface area (Å²) in [7, 11) is 1.64. The predicted octanol–water partition coefficient (Wildman–Crippen LogP) is 1.30. The lowest BCUT2D eigenvalue weighted by molar-refractivity contribution is -0.157. The number of hydrogen-bond donors (Lipinski definition) is 1. The number of amides is 2. The Morgan fingerprint density at radius 1 is 1.25 bits per heavy atom. The Morgan fingerprint density at radius 3 is 2.92 bits per heavy atom. The molecule has 0 bridgehead atoms. The van der Waals surface area contributed by atoms with E-state index in [1.807, 2.05) is 18.2 Å². The van der Waals surface area contributed by atoms with E-state index >= 15 is 0 Å². The molecule has 1 N–H and O–H groups in total. The Bertz CT molecular complexity index is 798. The fraction of sp³-hybridized carbons (Fsp3) is 0.444. The zero-order valence-corrected chi connectivity index (χ0v) is 13.7. The monoisotopic (exact) mass is 327 g/mol. The number of fused-ring (bicyclic) bond motifs is 4. The van der Waals surface area contributed by atoms with E-state index in [4.69, 9.17) is 4.74 Å². The first-order chi connectivity index (χ1) is 11.7. The number of nitrogens with zero attached hydrogens (tertiary/aromatic N) is 2. The first kappa shape index (κ1) is 15.2. The van der Waals surface area contributed by atoms with Crippen LogP contribution in [0.4, 0.5) is 0 Å². The van der Waals surface area contributed by atoms with Crippen LogP contribution in [0.3, 0.4) is 0 Å². The molecule has 2 aliphatic heterocycles. The third kappa shape index (κ3) is 2.38. The second-order valence-corrected chi connectivity index (χ2v) is 6.48. The minimum atomic E-state index is -0.375. The number of hydrogen-bond acceptors (Lipinski definition) is 3. The van der Waals surface area contributed by atoms with Crippen molar-refractivity contribution in [3.05, 3.63) is 35.5 Å². The Morgan fingerprint density at radius 2 is 2.08 bits per heavy atom. The van der Waals surface area contributed by atoms with Gasteiger partial charge in [-0.15, -0.1) is 0 Å². The van der Waals surface area contributed by atoms with Crippen molar-refractivity contribution in [2.45, 2.75) is 25.4 Å². The summed E-state index contributed by atoms with van der Waals surface area (Å²) in [6.45, 7) is 1.84. The largest absolute Gasteiger partial charge is 0.385 e. The predicted molar refractivity (Wildman–Crippen MR) is 89.4 cm³/mol. The van der Waals surface area contributed by atoms with Crippen molar-refractivity contribution in [2.24, 2.45) is 0 Å². The first-order valence-corrected chi connectivity index (χ1v) is 8.34. The fourth-order valence-electron chi connectivity index (χ4n) is 3.82. The van der Waals surface area contributed by atoms with Gasteiger partial charge in [0.05, 0.1) is 13.1 Å². The second kappa shape index (κ2) is 5.94. The highest BCUT2D eigenvalue weighted by molar-refractivity contribution is 5.96. The molecule has 0 radical (unpaired) electrons. The molecule has 3 heterocycles. The Hall–Kier alpha value is -2.34. The molecule has 0 unspecified atom stereocenters. The maximum atomic E-state index is 12.8. The molecule has 1 atom stereocenters. The van der Waals surface area contributed by atoms with Crippen LogP contribution in [0.2, 0.25) is 0 Å². The number of para-hydroxylation sites is 1. The van der Waals surface area contributed by atoms with Crippen LogP contribution in [0.5, 0.6) is 0 Å². The molecule has 2 aromatic rings. The number of nitrogens with one attached hydrogen (secondary N) is 1. The van der Waals surface area contributed by atoms with Gasteiger partial charge in [0.2, 0.25) is 11.8 Å². The van der Waals surface area contributed by atoms with Crippen LogP contribution in [0, 0.1) is 0 Å². The lowest BCUT2D eigenvalue weighted by Gasteiger charge is -2.42. The SMILES string of the molecule is COCCCN1CC(=O)N2Cc3[nH]c4ccccc4c3C[C@@H]2C1=O. The van der Waals surface area contributed by atoms with E-state index in [1.165, 1.54) is 5.56 Å². The topological polar surface area (TPSA) is 65.6 Å². The number of methoxy groups -OCH3 is 1. The van der Waals surface area contributed by atoms with Gasteiger partial charge in [-0.1, -0.05) is 18.2 Å². The lowest BCUT2D eigenvalue weighted by Crippen LogP contribution is -2.61. The Labute approximate surface area is 140 Å². The van der Waals surface area contributed by atoms with Crippen LogP contribution < -0.4 is 0 Å². The molecule has 126 valence electrons. The second-order valence-electron chi connectivity index (χ2n) is 6.48. The third-order valence-corrected chi connectivity index (χ3v) is 5.02. The summed E-state index contributed by atoms with van der Waals surface area (Å²) >= 11 is 0. The summed E-state index contributed by atoms with van der Waals surface area (Å²) in [4.78, 5) is 32.2. The van der Waals surface area contributed by atoms with Gasteiger partial charge in [0, 0.05) is 43.3 Å². The van der Waals surface area contributed by atoms with Crippen molar-refractivity contribution < 1.29 is 14.3 Å². The van der Waals surface area contributed by atoms with Crippen molar-refractivity contribution >= 4 is 22.7 Å². The van der Waals surface area contributed by atoms with Crippen molar-refractivity contribution in [3.8, 4) is 0 Å². The van der Waals surface area contributed by atoms with Crippen LogP contribution >= 0.6 is 0 Å². The zero-order valence-electron chi connectivity index (χ0n) is 13.7. The number of aromatic nitrogens is 1. The van der Waals surface area contributed by atoms with Crippen molar-refractivity contribution in [2.75, 3.05) is 26.8 Å². The molecule has 1 aromatic carbocycles. The van der Waals surface area contributed by atoms with E-state index in [-0.39, 0.29) is 24.4 Å². The molecule has 6 nitrogen and oxygen atoms in total. The number of H-pyrrole nitrogens is 1. The van der Waals surface area contributed by atoms with Crippen LogP contribution in [-0.2, 0) is 27.3 Å². The fourth-order valence-corrected chi connectivity index (χ4v) is 3.82. The first-order valence-electron chi connectivity index (χ1n) is 8.34. The van der Waals surface area contributed by atoms with Crippen molar-refractivity contribution in [1.29, 1.82) is 0 Å². The van der Waals surface area contributed by atoms with Gasteiger partial charge in [0.25, 0.3) is 0 Å². The van der Waals surface area contributed by atoms with Crippen LogP contribution in [0.15, 0.2) is 24.3 Å². The molecule has 0 spiro atoms. The molecule has 0 aliphatic carbocycles. The van der Waals surface area contributed by atoms with Crippen molar-refractivity contribution in [3.63, 3.8) is 0 Å². The van der Waals surface area contributed by atoms with Gasteiger partial charge < -0.3 is 19.5 Å². The maximum absolute atomic E-state index is 12.8. The van der Waals surface area contributed by atoms with E-state index in [0.29, 0.717) is 26.1 Å². The lowest BCUT2D eigenvalue weighted by atomic mass is 9.94. The minimum absolute atomic E-state index is 0.0290. The number of carbonyl (C=O) groups is 2. The van der Waals surface area contributed by atoms with Gasteiger partial charge in [0.15, 0.2) is 0 Å². The van der Waals surface area contributed by atoms with Crippen molar-refractivity contribution in [1.82, 2.24) is 14.8 Å². The highest BCUT2D eigenvalue weighted by Gasteiger charge is 2.42. The zero-order chi connectivity index (χ0) is 16.7. The minimum Gasteiger partial charge on any atom is -0.385 e. The van der Waals surface area contributed by atoms with E-state index in [0.717, 1.165) is 23.0 Å². The van der Waals surface area contributed by atoms with E-state index in [9.17, 15) is 9.59 Å². The van der Waals surface area contributed by atoms with Gasteiger partial charge >= 0.3 is 0 Å². The number of carbonyl (C=O) groups excluding carboxylic acids is 2. The number of piperazine rings is 1. The number of benzene rings is 1. The van der Waals surface area contributed by atoms with E-state index in [1.54, 1.807) is 16.9 Å². The maximum Gasteiger partial charge on any atom is 0.246 e. The van der Waals surface area contributed by atoms with Gasteiger partial charge in [-0.25, -0.2) is 0 Å². The average molecular weight is 327 g/mol. The standard InChI is InChI=1S/C18H21N3O3/c1-24-8-4-7-20-11-17(22)21-10-15-13(9-16(21)18(20)23)12-5-2-3-6-14(12)19-15/h2-3,5-6,16,19H,4,7-11H2,1H3/t16-/m1/s1. The molecular formula is C18H21N3O3. The normalized spacial score (nSPS) is 20.5. The molecule has 2 aliphatic rings. The Kier molecular flexibility index (Phi) is 3.76. The van der Waals surface area contributed by atoms with Gasteiger partial charge in [-0.3, -0.25) is 9.59 Å². The molecular weight excluding hydrogens is 306 g/mol. The van der Waals surface area contributed by atoms with E-state index < -0.39 is 0 Å². The molecule has 4 rings (SSSR count). The molecule has 24 heavy (non-hydrogen) atoms. The quantitative estimate of drug-likeness (QED) is 0.861. The third-order valence-electron chi connectivity index (χ3n) is 5.02.